The lowest BCUT2D eigenvalue weighted by Gasteiger charge is -2.23. The molecule has 1 aliphatic heterocycles. The molecule has 1 aromatic carbocycles. The van der Waals surface area contributed by atoms with Crippen LogP contribution in [0.25, 0.3) is 0 Å². The molecule has 1 saturated heterocycles. The highest BCUT2D eigenvalue weighted by molar-refractivity contribution is 6.30. The molecular weight excluding hydrogens is 336 g/mol. The summed E-state index contributed by atoms with van der Waals surface area (Å²) in [6.45, 7) is 9.58. The number of benzene rings is 1. The van der Waals surface area contributed by atoms with E-state index in [-0.39, 0.29) is 6.10 Å². The molecule has 25 heavy (non-hydrogen) atoms. The number of aliphatic imine (C=N–C) groups is 1. The lowest BCUT2D eigenvalue weighted by molar-refractivity contribution is 0.106. The van der Waals surface area contributed by atoms with E-state index in [1.54, 1.807) is 14.2 Å². The van der Waals surface area contributed by atoms with Crippen LogP contribution in [0.5, 0.6) is 0 Å². The Morgan fingerprint density at radius 2 is 2.16 bits per heavy atom. The zero-order valence-electron chi connectivity index (χ0n) is 15.9. The second kappa shape index (κ2) is 9.41. The number of nitrogens with one attached hydrogen (secondary N) is 2. The SMILES string of the molecule is CN=C(NCC(OC)c1cccc(Cl)c1)NC1CN(C(C)C)CC1C. The maximum Gasteiger partial charge on any atom is 0.191 e. The van der Waals surface area contributed by atoms with Crippen molar-refractivity contribution in [2.75, 3.05) is 33.8 Å². The Balaban J connectivity index is 1.91. The van der Waals surface area contributed by atoms with Gasteiger partial charge in [-0.1, -0.05) is 30.7 Å². The Morgan fingerprint density at radius 1 is 1.40 bits per heavy atom. The number of hydrogen-bond donors (Lipinski definition) is 2. The van der Waals surface area contributed by atoms with Crippen LogP contribution in [-0.2, 0) is 4.74 Å². The molecule has 0 spiro atoms. The van der Waals surface area contributed by atoms with Gasteiger partial charge in [-0.3, -0.25) is 9.89 Å². The van der Waals surface area contributed by atoms with Crippen molar-refractivity contribution in [3.63, 3.8) is 0 Å². The van der Waals surface area contributed by atoms with Gasteiger partial charge in [0.25, 0.3) is 0 Å². The van der Waals surface area contributed by atoms with Crippen molar-refractivity contribution in [1.82, 2.24) is 15.5 Å². The van der Waals surface area contributed by atoms with Crippen molar-refractivity contribution in [2.24, 2.45) is 10.9 Å². The van der Waals surface area contributed by atoms with Crippen LogP contribution >= 0.6 is 11.6 Å². The molecule has 1 aliphatic rings. The predicted octanol–water partition coefficient (Wildman–Crippen LogP) is 2.92. The van der Waals surface area contributed by atoms with Crippen molar-refractivity contribution in [2.45, 2.75) is 39.0 Å². The largest absolute Gasteiger partial charge is 0.375 e. The van der Waals surface area contributed by atoms with E-state index >= 15 is 0 Å². The predicted molar refractivity (Wildman–Crippen MR) is 105 cm³/mol. The van der Waals surface area contributed by atoms with Gasteiger partial charge in [-0.15, -0.1) is 0 Å². The Kier molecular flexibility index (Phi) is 7.54. The summed E-state index contributed by atoms with van der Waals surface area (Å²) in [6, 6.07) is 8.75. The topological polar surface area (TPSA) is 48.9 Å². The molecule has 2 rings (SSSR count). The molecule has 3 unspecified atom stereocenters. The molecule has 0 saturated carbocycles. The third-order valence-corrected chi connectivity index (χ3v) is 5.11. The fourth-order valence-corrected chi connectivity index (χ4v) is 3.42. The normalized spacial score (nSPS) is 23.1. The van der Waals surface area contributed by atoms with Crippen LogP contribution in [0.3, 0.4) is 0 Å². The first-order valence-electron chi connectivity index (χ1n) is 8.94. The van der Waals surface area contributed by atoms with Crippen LogP contribution < -0.4 is 10.6 Å². The van der Waals surface area contributed by atoms with Crippen molar-refractivity contribution < 1.29 is 4.74 Å². The Hall–Kier alpha value is -1.30. The van der Waals surface area contributed by atoms with Gasteiger partial charge in [0.1, 0.15) is 0 Å². The number of guanidine groups is 1. The molecule has 0 amide bonds. The summed E-state index contributed by atoms with van der Waals surface area (Å²) in [4.78, 5) is 6.87. The van der Waals surface area contributed by atoms with E-state index in [2.05, 4.69) is 41.3 Å². The lowest BCUT2D eigenvalue weighted by Crippen LogP contribution is -2.47. The molecule has 0 bridgehead atoms. The zero-order chi connectivity index (χ0) is 18.4. The van der Waals surface area contributed by atoms with Gasteiger partial charge in [-0.2, -0.15) is 0 Å². The second-order valence-corrected chi connectivity index (χ2v) is 7.44. The van der Waals surface area contributed by atoms with Gasteiger partial charge in [0.2, 0.25) is 0 Å². The minimum atomic E-state index is -0.0783. The molecule has 5 nitrogen and oxygen atoms in total. The molecule has 1 fully saturated rings. The zero-order valence-corrected chi connectivity index (χ0v) is 16.7. The molecule has 0 radical (unpaired) electrons. The number of likely N-dealkylation sites (tertiary alicyclic amines) is 1. The minimum absolute atomic E-state index is 0.0783. The number of halogens is 1. The standard InChI is InChI=1S/C19H31ClN4O/c1-13(2)24-11-14(3)17(12-24)23-19(21-4)22-10-18(25-5)15-7-6-8-16(20)9-15/h6-9,13-14,17-18H,10-12H2,1-5H3,(H2,21,22,23). The monoisotopic (exact) mass is 366 g/mol. The molecular formula is C19H31ClN4O. The van der Waals surface area contributed by atoms with E-state index in [9.17, 15) is 0 Å². The summed E-state index contributed by atoms with van der Waals surface area (Å²) in [7, 11) is 3.51. The first kappa shape index (κ1) is 20.0. The van der Waals surface area contributed by atoms with Crippen LogP contribution in [0.2, 0.25) is 5.02 Å². The third-order valence-electron chi connectivity index (χ3n) is 4.88. The molecule has 3 atom stereocenters. The Morgan fingerprint density at radius 3 is 2.72 bits per heavy atom. The molecule has 6 heteroatoms. The fourth-order valence-electron chi connectivity index (χ4n) is 3.22. The molecule has 1 aromatic rings. The van der Waals surface area contributed by atoms with E-state index in [0.717, 1.165) is 29.6 Å². The van der Waals surface area contributed by atoms with Crippen LogP contribution in [0.15, 0.2) is 29.3 Å². The summed E-state index contributed by atoms with van der Waals surface area (Å²) < 4.78 is 5.61. The third kappa shape index (κ3) is 5.59. The summed E-state index contributed by atoms with van der Waals surface area (Å²) in [5.74, 6) is 1.40. The number of nitrogens with zero attached hydrogens (tertiary/aromatic N) is 2. The van der Waals surface area contributed by atoms with E-state index in [0.29, 0.717) is 24.5 Å². The van der Waals surface area contributed by atoms with Gasteiger partial charge in [0, 0.05) is 50.9 Å². The van der Waals surface area contributed by atoms with Gasteiger partial charge in [-0.05, 0) is 37.5 Å². The van der Waals surface area contributed by atoms with E-state index in [4.69, 9.17) is 16.3 Å². The van der Waals surface area contributed by atoms with Crippen molar-refractivity contribution >= 4 is 17.6 Å². The second-order valence-electron chi connectivity index (χ2n) is 7.01. The maximum atomic E-state index is 6.09. The Labute approximate surface area is 156 Å². The van der Waals surface area contributed by atoms with Crippen LogP contribution in [0.1, 0.15) is 32.4 Å². The maximum absolute atomic E-state index is 6.09. The van der Waals surface area contributed by atoms with E-state index in [1.165, 1.54) is 0 Å². The molecule has 0 aromatic heterocycles. The van der Waals surface area contributed by atoms with Gasteiger partial charge >= 0.3 is 0 Å². The van der Waals surface area contributed by atoms with E-state index < -0.39 is 0 Å². The average molecular weight is 367 g/mol. The van der Waals surface area contributed by atoms with Crippen LogP contribution in [-0.4, -0.2) is 56.7 Å². The molecule has 140 valence electrons. The van der Waals surface area contributed by atoms with Crippen LogP contribution in [0, 0.1) is 5.92 Å². The highest BCUT2D eigenvalue weighted by atomic mass is 35.5. The quantitative estimate of drug-likeness (QED) is 0.600. The van der Waals surface area contributed by atoms with Gasteiger partial charge in [0.05, 0.1) is 6.10 Å². The number of rotatable bonds is 6. The number of ether oxygens (including phenoxy) is 1. The summed E-state index contributed by atoms with van der Waals surface area (Å²) >= 11 is 6.09. The van der Waals surface area contributed by atoms with E-state index in [1.807, 2.05) is 24.3 Å². The minimum Gasteiger partial charge on any atom is -0.375 e. The first-order valence-corrected chi connectivity index (χ1v) is 9.31. The average Bonchev–Trinajstić information content (AvgIpc) is 2.95. The number of hydrogen-bond acceptors (Lipinski definition) is 3. The Bertz CT molecular complexity index is 578. The molecule has 2 N–H and O–H groups in total. The van der Waals surface area contributed by atoms with Crippen LogP contribution in [0.4, 0.5) is 0 Å². The van der Waals surface area contributed by atoms with Crippen molar-refractivity contribution in [1.29, 1.82) is 0 Å². The van der Waals surface area contributed by atoms with Gasteiger partial charge in [-0.25, -0.2) is 0 Å². The molecule has 1 heterocycles. The summed E-state index contributed by atoms with van der Waals surface area (Å²) in [5.41, 5.74) is 1.05. The van der Waals surface area contributed by atoms with Gasteiger partial charge in [0.15, 0.2) is 5.96 Å². The summed E-state index contributed by atoms with van der Waals surface area (Å²) in [5, 5.41) is 7.66. The number of methoxy groups -OCH3 is 1. The lowest BCUT2D eigenvalue weighted by atomic mass is 10.1. The van der Waals surface area contributed by atoms with Crippen molar-refractivity contribution in [3.05, 3.63) is 34.9 Å². The van der Waals surface area contributed by atoms with Gasteiger partial charge < -0.3 is 15.4 Å². The summed E-state index contributed by atoms with van der Waals surface area (Å²) in [6.07, 6.45) is -0.0783. The smallest absolute Gasteiger partial charge is 0.191 e. The first-order chi connectivity index (χ1) is 11.9. The molecule has 0 aliphatic carbocycles. The highest BCUT2D eigenvalue weighted by Crippen LogP contribution is 2.20. The highest BCUT2D eigenvalue weighted by Gasteiger charge is 2.31. The van der Waals surface area contributed by atoms with Crippen molar-refractivity contribution in [3.8, 4) is 0 Å². The fraction of sp³-hybridized carbons (Fsp3) is 0.632.